The predicted octanol–water partition coefficient (Wildman–Crippen LogP) is -10.0. The number of aliphatic hydroxyl groups is 8. The first-order chi connectivity index (χ1) is 23.2. The topological polar surface area (TPSA) is 402 Å². The Hall–Kier alpha value is -1.33. The van der Waals surface area contributed by atoms with Crippen LogP contribution in [0.25, 0.3) is 0 Å². The molecule has 49 heavy (non-hydrogen) atoms. The third-order valence-corrected chi connectivity index (χ3v) is 9.38. The Kier molecular flexibility index (Phi) is 14.4. The average molecular weight is 716 g/mol. The highest BCUT2D eigenvalue weighted by Gasteiger charge is 2.54. The van der Waals surface area contributed by atoms with Crippen molar-refractivity contribution in [3.05, 3.63) is 0 Å². The number of nitrogens with one attached hydrogen (secondary N) is 1. The summed E-state index contributed by atoms with van der Waals surface area (Å²) in [7, 11) is 0. The maximum Gasteiger partial charge on any atom is 0.251 e. The van der Waals surface area contributed by atoms with Crippen molar-refractivity contribution < 1.29 is 74.1 Å². The van der Waals surface area contributed by atoms with Crippen LogP contribution in [-0.4, -0.2) is 195 Å². The summed E-state index contributed by atoms with van der Waals surface area (Å²) in [5.41, 5.74) is 35.4. The summed E-state index contributed by atoms with van der Waals surface area (Å²) < 4.78 is 35.1. The van der Waals surface area contributed by atoms with Gasteiger partial charge in [0.2, 0.25) is 0 Å². The summed E-state index contributed by atoms with van der Waals surface area (Å²) >= 11 is 0. The molecule has 21 N–H and O–H groups in total. The van der Waals surface area contributed by atoms with E-state index >= 15 is 0 Å². The second-order valence-electron chi connectivity index (χ2n) is 12.9. The summed E-state index contributed by atoms with van der Waals surface area (Å²) in [6.45, 7) is -1.42. The van der Waals surface area contributed by atoms with Crippen molar-refractivity contribution in [3.8, 4) is 0 Å². The smallest absolute Gasteiger partial charge is 0.251 e. The van der Waals surface area contributed by atoms with Crippen molar-refractivity contribution in [1.82, 2.24) is 5.32 Å². The van der Waals surface area contributed by atoms with Gasteiger partial charge in [0.05, 0.1) is 36.9 Å². The lowest BCUT2D eigenvalue weighted by Crippen LogP contribution is -2.67. The lowest BCUT2D eigenvalue weighted by atomic mass is 9.83. The molecule has 22 heteroatoms. The zero-order chi connectivity index (χ0) is 36.3. The molecule has 286 valence electrons. The first-order valence-corrected chi connectivity index (χ1v) is 16.1. The molecule has 1 aliphatic carbocycles. The molecule has 0 aromatic carbocycles. The molecule has 22 nitrogen and oxygen atoms in total. The van der Waals surface area contributed by atoms with Gasteiger partial charge in [0, 0.05) is 25.7 Å². The minimum Gasteiger partial charge on any atom is -0.394 e. The van der Waals surface area contributed by atoms with Gasteiger partial charge < -0.3 is 109 Å². The third kappa shape index (κ3) is 8.83. The highest BCUT2D eigenvalue weighted by atomic mass is 16.8. The van der Waals surface area contributed by atoms with Crippen molar-refractivity contribution in [2.75, 3.05) is 26.2 Å². The fraction of sp³-hybridized carbons (Fsp3) is 0.963. The number of carbonyl (C=O) groups excluding carboxylic acids is 1. The van der Waals surface area contributed by atoms with E-state index < -0.39 is 141 Å². The third-order valence-electron chi connectivity index (χ3n) is 9.38. The molecule has 0 unspecified atom stereocenters. The number of aliphatic hydroxyl groups excluding tert-OH is 8. The van der Waals surface area contributed by atoms with Crippen molar-refractivity contribution in [3.63, 3.8) is 0 Å². The highest BCUT2D eigenvalue weighted by Crippen LogP contribution is 2.34. The van der Waals surface area contributed by atoms with Gasteiger partial charge in [0.25, 0.3) is 5.91 Å². The van der Waals surface area contributed by atoms with Crippen LogP contribution in [0, 0.1) is 0 Å². The number of hydrogen-bond acceptors (Lipinski definition) is 21. The number of carbonyl (C=O) groups is 1. The maximum absolute atomic E-state index is 12.7. The Bertz CT molecular complexity index is 1060. The molecule has 0 radical (unpaired) electrons. The Morgan fingerprint density at radius 1 is 0.714 bits per heavy atom. The molecule has 0 aromatic heterocycles. The number of nitrogens with two attached hydrogens (primary N) is 6. The Labute approximate surface area is 281 Å². The second-order valence-corrected chi connectivity index (χ2v) is 12.9. The highest BCUT2D eigenvalue weighted by molar-refractivity contribution is 5.81. The molecule has 1 saturated carbocycles. The molecule has 0 bridgehead atoms. The lowest BCUT2D eigenvalue weighted by Gasteiger charge is -2.47. The van der Waals surface area contributed by atoms with Gasteiger partial charge in [-0.1, -0.05) is 0 Å². The second kappa shape index (κ2) is 17.5. The van der Waals surface area contributed by atoms with Gasteiger partial charge in [-0.2, -0.15) is 0 Å². The zero-order valence-corrected chi connectivity index (χ0v) is 26.7. The molecule has 0 spiro atoms. The summed E-state index contributed by atoms with van der Waals surface area (Å²) in [6, 6.07) is -4.42. The van der Waals surface area contributed by atoms with E-state index in [9.17, 15) is 45.6 Å². The van der Waals surface area contributed by atoms with E-state index in [1.807, 2.05) is 0 Å². The minimum atomic E-state index is -1.94. The van der Waals surface area contributed by atoms with Crippen LogP contribution in [0.5, 0.6) is 0 Å². The predicted molar refractivity (Wildman–Crippen MR) is 162 cm³/mol. The summed E-state index contributed by atoms with van der Waals surface area (Å²) in [4.78, 5) is 12.7. The molecular formula is C27H53N7O15. The zero-order valence-electron chi connectivity index (χ0n) is 26.7. The number of hydrogen-bond donors (Lipinski definition) is 15. The Balaban J connectivity index is 1.56. The molecule has 4 rings (SSSR count). The van der Waals surface area contributed by atoms with Crippen LogP contribution < -0.4 is 39.7 Å². The van der Waals surface area contributed by atoms with E-state index in [-0.39, 0.29) is 25.9 Å². The van der Waals surface area contributed by atoms with Crippen LogP contribution in [0.4, 0.5) is 0 Å². The van der Waals surface area contributed by atoms with Gasteiger partial charge in [-0.05, 0) is 12.8 Å². The van der Waals surface area contributed by atoms with Crippen molar-refractivity contribution >= 4 is 5.91 Å². The molecule has 1 amide bonds. The molecule has 4 aliphatic rings. The first kappa shape index (κ1) is 40.4. The van der Waals surface area contributed by atoms with Gasteiger partial charge in [-0.3, -0.25) is 4.79 Å². The number of ether oxygens (including phenoxy) is 6. The van der Waals surface area contributed by atoms with Crippen molar-refractivity contribution in [2.24, 2.45) is 34.4 Å². The molecular weight excluding hydrogens is 662 g/mol. The van der Waals surface area contributed by atoms with Crippen LogP contribution in [0.15, 0.2) is 0 Å². The normalized spacial score (nSPS) is 47.5. The molecule has 0 aromatic rings. The monoisotopic (exact) mass is 715 g/mol. The van der Waals surface area contributed by atoms with E-state index in [1.54, 1.807) is 0 Å². The molecule has 3 aliphatic heterocycles. The quantitative estimate of drug-likeness (QED) is 0.0841. The van der Waals surface area contributed by atoms with E-state index in [0.717, 1.165) is 0 Å². The van der Waals surface area contributed by atoms with Crippen LogP contribution in [0.3, 0.4) is 0 Å². The average Bonchev–Trinajstić information content (AvgIpc) is 3.38. The summed E-state index contributed by atoms with van der Waals surface area (Å²) in [5.74, 6) is -1.07. The van der Waals surface area contributed by atoms with Crippen molar-refractivity contribution in [2.45, 2.75) is 135 Å². The number of rotatable bonds is 13. The van der Waals surface area contributed by atoms with E-state index in [0.29, 0.717) is 0 Å². The SMILES string of the molecule is NC[C@@H](O)[C@H](O)C(=O)N[C@@H]1C[C@H](N)[C@@H](O[C@H]2O[C@H](CN)[C@@H](O)C[C@H]2N)[C@H](O[C@@H]2O[C@H](CO)[C@@H](O[C@H]3O[C@@H](CN)[C@@H](O)[C@H](O)[C@H]3N)[C@H]2O)[C@H]1O. The minimum absolute atomic E-state index is 0.0480. The van der Waals surface area contributed by atoms with Crippen LogP contribution in [0.2, 0.25) is 0 Å². The molecule has 3 saturated heterocycles. The molecule has 4 fully saturated rings. The van der Waals surface area contributed by atoms with E-state index in [1.165, 1.54) is 0 Å². The largest absolute Gasteiger partial charge is 0.394 e. The van der Waals surface area contributed by atoms with E-state index in [2.05, 4.69) is 5.32 Å². The fourth-order valence-electron chi connectivity index (χ4n) is 6.40. The Morgan fingerprint density at radius 3 is 1.92 bits per heavy atom. The summed E-state index contributed by atoms with van der Waals surface area (Å²) in [5, 5.41) is 86.2. The van der Waals surface area contributed by atoms with Gasteiger partial charge in [0.15, 0.2) is 25.0 Å². The fourth-order valence-corrected chi connectivity index (χ4v) is 6.40. The van der Waals surface area contributed by atoms with Gasteiger partial charge in [0.1, 0.15) is 61.0 Å². The lowest BCUT2D eigenvalue weighted by molar-refractivity contribution is -0.296. The first-order valence-electron chi connectivity index (χ1n) is 16.1. The number of amides is 1. The van der Waals surface area contributed by atoms with Crippen molar-refractivity contribution in [1.29, 1.82) is 0 Å². The van der Waals surface area contributed by atoms with Gasteiger partial charge >= 0.3 is 0 Å². The molecule has 20 atom stereocenters. The van der Waals surface area contributed by atoms with Crippen LogP contribution in [0.1, 0.15) is 12.8 Å². The standard InChI is InChI=1S/C27H53N7O15/c28-3-11(37)17(39)24(43)34-9-1-7(31)21(47-25-8(32)2-10(36)12(4-29)44-25)23(16(9)38)49-27-20(42)22(14(6-35)46-27)48-26-15(33)19(41)18(40)13(5-30)45-26/h7-23,25-27,35-42H,1-6,28-33H2,(H,34,43)/t7-,8+,9+,10-,11+,12+,13-,14+,15+,16-,17-,18+,19+,20+,21+,22+,23+,25+,26+,27-/m0/s1. The van der Waals surface area contributed by atoms with E-state index in [4.69, 9.17) is 62.8 Å². The summed E-state index contributed by atoms with van der Waals surface area (Å²) in [6.07, 6.45) is -22.6. The van der Waals surface area contributed by atoms with Crippen LogP contribution >= 0.6 is 0 Å². The van der Waals surface area contributed by atoms with Crippen LogP contribution in [-0.2, 0) is 33.2 Å². The van der Waals surface area contributed by atoms with Gasteiger partial charge in [-0.15, -0.1) is 0 Å². The molecule has 3 heterocycles. The van der Waals surface area contributed by atoms with Gasteiger partial charge in [-0.25, -0.2) is 0 Å². The maximum atomic E-state index is 12.7. The Morgan fingerprint density at radius 2 is 1.31 bits per heavy atom.